The first-order valence-corrected chi connectivity index (χ1v) is 10.5. The van der Waals surface area contributed by atoms with E-state index in [1.165, 1.54) is 16.4 Å². The molecule has 0 unspecified atom stereocenters. The lowest BCUT2D eigenvalue weighted by Crippen LogP contribution is -2.46. The van der Waals surface area contributed by atoms with Crippen molar-refractivity contribution < 1.29 is 22.0 Å². The minimum absolute atomic E-state index is 0.0671. The number of ketones is 1. The number of sulfonamides is 1. The van der Waals surface area contributed by atoms with E-state index in [1.54, 1.807) is 0 Å². The number of rotatable bonds is 5. The van der Waals surface area contributed by atoms with Crippen molar-refractivity contribution in [2.75, 3.05) is 29.4 Å². The van der Waals surface area contributed by atoms with Gasteiger partial charge in [-0.25, -0.2) is 22.2 Å². The van der Waals surface area contributed by atoms with E-state index in [2.05, 4.69) is 10.3 Å². The van der Waals surface area contributed by atoms with Crippen LogP contribution in [0.4, 0.5) is 20.4 Å². The molecule has 150 valence electrons. The molecule has 0 atom stereocenters. The van der Waals surface area contributed by atoms with Crippen molar-refractivity contribution in [2.45, 2.75) is 18.9 Å². The summed E-state index contributed by atoms with van der Waals surface area (Å²) in [6, 6.07) is 5.35. The normalized spacial score (nSPS) is 15.4. The molecular formula is C18H20F2N4O3S. The zero-order chi connectivity index (χ0) is 20.5. The fourth-order valence-corrected chi connectivity index (χ4v) is 4.49. The number of nitrogens with one attached hydrogen (secondary N) is 1. The molecule has 7 nitrogen and oxygen atoms in total. The molecule has 0 radical (unpaired) electrons. The molecule has 0 saturated carbocycles. The highest BCUT2D eigenvalue weighted by Crippen LogP contribution is 2.27. The summed E-state index contributed by atoms with van der Waals surface area (Å²) in [4.78, 5) is 16.6. The molecule has 0 spiro atoms. The summed E-state index contributed by atoms with van der Waals surface area (Å²) in [5.41, 5.74) is 4.92. The van der Waals surface area contributed by atoms with Gasteiger partial charge in [-0.3, -0.25) is 9.10 Å². The number of anilines is 2. The molecule has 0 aliphatic carbocycles. The van der Waals surface area contributed by atoms with Gasteiger partial charge in [0.25, 0.3) is 0 Å². The van der Waals surface area contributed by atoms with Crippen molar-refractivity contribution in [3.8, 4) is 0 Å². The van der Waals surface area contributed by atoms with Gasteiger partial charge < -0.3 is 11.1 Å². The molecule has 0 amide bonds. The Morgan fingerprint density at radius 2 is 1.79 bits per heavy atom. The lowest BCUT2D eigenvalue weighted by atomic mass is 10.0. The lowest BCUT2D eigenvalue weighted by Gasteiger charge is -2.33. The van der Waals surface area contributed by atoms with Gasteiger partial charge in [0, 0.05) is 6.04 Å². The molecule has 1 aromatic carbocycles. The Balaban J connectivity index is 2.00. The summed E-state index contributed by atoms with van der Waals surface area (Å²) in [5.74, 6) is -3.22. The summed E-state index contributed by atoms with van der Waals surface area (Å²) in [6.45, 7) is 1.32. The smallest absolute Gasteiger partial charge is 0.233 e. The van der Waals surface area contributed by atoms with Gasteiger partial charge >= 0.3 is 0 Å². The molecule has 3 rings (SSSR count). The number of aromatic nitrogens is 1. The van der Waals surface area contributed by atoms with E-state index in [1.807, 2.05) is 0 Å². The zero-order valence-corrected chi connectivity index (χ0v) is 16.0. The van der Waals surface area contributed by atoms with E-state index in [0.717, 1.165) is 24.5 Å². The molecule has 1 fully saturated rings. The molecule has 10 heteroatoms. The number of nitrogens with zero attached hydrogens (tertiary/aromatic N) is 2. The molecule has 0 bridgehead atoms. The van der Waals surface area contributed by atoms with Crippen LogP contribution in [0.1, 0.15) is 28.8 Å². The maximum absolute atomic E-state index is 13.9. The summed E-state index contributed by atoms with van der Waals surface area (Å²) < 4.78 is 53.7. The van der Waals surface area contributed by atoms with Crippen molar-refractivity contribution in [3.63, 3.8) is 0 Å². The van der Waals surface area contributed by atoms with Gasteiger partial charge in [0.15, 0.2) is 0 Å². The van der Waals surface area contributed by atoms with Crippen LogP contribution in [-0.2, 0) is 10.0 Å². The van der Waals surface area contributed by atoms with Gasteiger partial charge in [0.1, 0.15) is 23.3 Å². The maximum atomic E-state index is 13.9. The van der Waals surface area contributed by atoms with Gasteiger partial charge in [-0.2, -0.15) is 0 Å². The number of nitrogens with two attached hydrogens (primary N) is 1. The van der Waals surface area contributed by atoms with E-state index in [4.69, 9.17) is 5.73 Å². The quantitative estimate of drug-likeness (QED) is 0.727. The molecule has 28 heavy (non-hydrogen) atoms. The first-order valence-electron chi connectivity index (χ1n) is 8.65. The molecule has 2 heterocycles. The predicted octanol–water partition coefficient (Wildman–Crippen LogP) is 1.69. The third kappa shape index (κ3) is 3.97. The largest absolute Gasteiger partial charge is 0.383 e. The highest BCUT2D eigenvalue weighted by Gasteiger charge is 2.30. The summed E-state index contributed by atoms with van der Waals surface area (Å²) in [7, 11) is -3.65. The van der Waals surface area contributed by atoms with Crippen LogP contribution >= 0.6 is 0 Å². The van der Waals surface area contributed by atoms with Crippen molar-refractivity contribution in [1.82, 2.24) is 10.3 Å². The Hall–Kier alpha value is -2.59. The maximum Gasteiger partial charge on any atom is 0.233 e. The Morgan fingerprint density at radius 3 is 2.32 bits per heavy atom. The fraction of sp³-hybridized carbons (Fsp3) is 0.333. The van der Waals surface area contributed by atoms with Crippen molar-refractivity contribution in [2.24, 2.45) is 0 Å². The summed E-state index contributed by atoms with van der Waals surface area (Å²) in [5, 5.41) is 3.15. The second kappa shape index (κ2) is 7.80. The zero-order valence-electron chi connectivity index (χ0n) is 15.2. The van der Waals surface area contributed by atoms with Crippen LogP contribution in [-0.4, -0.2) is 44.6 Å². The number of pyridine rings is 1. The third-order valence-corrected chi connectivity index (χ3v) is 5.77. The SMILES string of the molecule is CS(=O)(=O)N(c1ccc(C(=O)c2c(F)cccc2F)c(N)n1)C1CCNCC1. The molecule has 1 aliphatic rings. The van der Waals surface area contributed by atoms with Crippen LogP contribution in [0.15, 0.2) is 30.3 Å². The van der Waals surface area contributed by atoms with E-state index in [9.17, 15) is 22.0 Å². The fourth-order valence-electron chi connectivity index (χ4n) is 3.30. The van der Waals surface area contributed by atoms with Crippen LogP contribution in [0, 0.1) is 11.6 Å². The Labute approximate surface area is 161 Å². The highest BCUT2D eigenvalue weighted by molar-refractivity contribution is 7.92. The van der Waals surface area contributed by atoms with Crippen molar-refractivity contribution in [3.05, 3.63) is 53.1 Å². The first kappa shape index (κ1) is 20.2. The van der Waals surface area contributed by atoms with Crippen molar-refractivity contribution >= 4 is 27.4 Å². The van der Waals surface area contributed by atoms with Crippen LogP contribution in [0.5, 0.6) is 0 Å². The topological polar surface area (TPSA) is 105 Å². The first-order chi connectivity index (χ1) is 13.2. The molecule has 2 aromatic rings. The number of halogens is 2. The van der Waals surface area contributed by atoms with E-state index >= 15 is 0 Å². The minimum Gasteiger partial charge on any atom is -0.383 e. The standard InChI is InChI=1S/C18H20F2N4O3S/c1-28(26,27)24(11-7-9-22-10-8-11)15-6-5-12(18(21)23-15)17(25)16-13(19)3-2-4-14(16)20/h2-6,11,22H,7-10H2,1H3,(H2,21,23). The summed E-state index contributed by atoms with van der Waals surface area (Å²) >= 11 is 0. The third-order valence-electron chi connectivity index (χ3n) is 4.57. The number of hydrogen-bond donors (Lipinski definition) is 2. The minimum atomic E-state index is -3.65. The Morgan fingerprint density at radius 1 is 1.18 bits per heavy atom. The molecule has 3 N–H and O–H groups in total. The lowest BCUT2D eigenvalue weighted by molar-refractivity contribution is 0.103. The van der Waals surface area contributed by atoms with Gasteiger partial charge in [-0.15, -0.1) is 0 Å². The van der Waals surface area contributed by atoms with Gasteiger partial charge in [0.05, 0.1) is 17.4 Å². The molecule has 1 aliphatic heterocycles. The molecule has 1 saturated heterocycles. The monoisotopic (exact) mass is 410 g/mol. The number of carbonyl (C=O) groups is 1. The number of carbonyl (C=O) groups excluding carboxylic acids is 1. The molecule has 1 aromatic heterocycles. The Kier molecular flexibility index (Phi) is 5.61. The number of hydrogen-bond acceptors (Lipinski definition) is 6. The highest BCUT2D eigenvalue weighted by atomic mass is 32.2. The van der Waals surface area contributed by atoms with Crippen molar-refractivity contribution in [1.29, 1.82) is 0 Å². The van der Waals surface area contributed by atoms with Gasteiger partial charge in [0.2, 0.25) is 15.8 Å². The van der Waals surface area contributed by atoms with E-state index in [0.29, 0.717) is 25.9 Å². The van der Waals surface area contributed by atoms with Crippen LogP contribution in [0.3, 0.4) is 0 Å². The van der Waals surface area contributed by atoms with E-state index in [-0.39, 0.29) is 23.2 Å². The average molecular weight is 410 g/mol. The number of nitrogen functional groups attached to an aromatic ring is 1. The van der Waals surface area contributed by atoms with Gasteiger partial charge in [-0.1, -0.05) is 6.07 Å². The Bertz CT molecular complexity index is 988. The predicted molar refractivity (Wildman–Crippen MR) is 102 cm³/mol. The molecular weight excluding hydrogens is 390 g/mol. The summed E-state index contributed by atoms with van der Waals surface area (Å²) in [6.07, 6.45) is 2.26. The second-order valence-corrected chi connectivity index (χ2v) is 8.43. The van der Waals surface area contributed by atoms with E-state index < -0.39 is 33.0 Å². The average Bonchev–Trinajstić information content (AvgIpc) is 2.61. The van der Waals surface area contributed by atoms with Gasteiger partial charge in [-0.05, 0) is 50.2 Å². The second-order valence-electron chi connectivity index (χ2n) is 6.57. The number of piperidine rings is 1. The number of benzene rings is 1. The van der Waals surface area contributed by atoms with Crippen LogP contribution in [0.25, 0.3) is 0 Å². The van der Waals surface area contributed by atoms with Crippen LogP contribution < -0.4 is 15.4 Å². The van der Waals surface area contributed by atoms with Crippen LogP contribution in [0.2, 0.25) is 0 Å².